The summed E-state index contributed by atoms with van der Waals surface area (Å²) >= 11 is 0. The van der Waals surface area contributed by atoms with Crippen molar-refractivity contribution in [3.05, 3.63) is 65.2 Å². The standard InChI is InChI=1S/C25H28N4O5/c1-17-4-6-18(7-5-17)21(30)22(28-16-26)27-14-15-34-20-10-8-19(9-11-20)23(31)29-25(24(32)33)12-2-3-13-25/h4-11,16H,2-3,12-15H2,1H3,(H,29,31)(H,32,33)(H2,26,27,28). The van der Waals surface area contributed by atoms with E-state index in [1.54, 1.807) is 36.4 Å². The third-order valence-electron chi connectivity index (χ3n) is 5.67. The number of ketones is 1. The number of carbonyl (C=O) groups excluding carboxylic acids is 2. The molecule has 4 N–H and O–H groups in total. The van der Waals surface area contributed by atoms with Gasteiger partial charge in [0.05, 0.1) is 12.9 Å². The number of carbonyl (C=O) groups is 3. The Kier molecular flexibility index (Phi) is 8.13. The largest absolute Gasteiger partial charge is 0.492 e. The van der Waals surface area contributed by atoms with Gasteiger partial charge in [-0.05, 0) is 44.0 Å². The minimum Gasteiger partial charge on any atom is -0.492 e. The van der Waals surface area contributed by atoms with Gasteiger partial charge in [0, 0.05) is 11.1 Å². The van der Waals surface area contributed by atoms with Crippen molar-refractivity contribution in [1.29, 1.82) is 0 Å². The highest BCUT2D eigenvalue weighted by Crippen LogP contribution is 2.30. The fourth-order valence-corrected chi connectivity index (χ4v) is 3.75. The molecule has 0 unspecified atom stereocenters. The first-order valence-corrected chi connectivity index (χ1v) is 11.0. The lowest BCUT2D eigenvalue weighted by Gasteiger charge is -2.25. The number of nitrogens with one attached hydrogen (secondary N) is 1. The smallest absolute Gasteiger partial charge is 0.329 e. The molecule has 1 amide bonds. The molecule has 34 heavy (non-hydrogen) atoms. The molecule has 0 atom stereocenters. The Bertz CT molecular complexity index is 1090. The molecule has 0 radical (unpaired) electrons. The number of carboxylic acid groups (broad SMARTS) is 1. The predicted octanol–water partition coefficient (Wildman–Crippen LogP) is 2.77. The Morgan fingerprint density at radius 3 is 2.26 bits per heavy atom. The van der Waals surface area contributed by atoms with Gasteiger partial charge in [-0.25, -0.2) is 9.79 Å². The Morgan fingerprint density at radius 1 is 1.06 bits per heavy atom. The zero-order chi connectivity index (χ0) is 24.6. The molecule has 0 bridgehead atoms. The molecule has 178 valence electrons. The van der Waals surface area contributed by atoms with Crippen LogP contribution in [0.15, 0.2) is 58.5 Å². The average molecular weight is 465 g/mol. The zero-order valence-electron chi connectivity index (χ0n) is 19.0. The summed E-state index contributed by atoms with van der Waals surface area (Å²) in [7, 11) is 0. The Labute approximate surface area is 197 Å². The van der Waals surface area contributed by atoms with E-state index in [4.69, 9.17) is 10.5 Å². The van der Waals surface area contributed by atoms with Gasteiger partial charge in [-0.2, -0.15) is 0 Å². The molecule has 0 saturated heterocycles. The molecular weight excluding hydrogens is 436 g/mol. The van der Waals surface area contributed by atoms with Crippen LogP contribution in [0, 0.1) is 6.92 Å². The second kappa shape index (κ2) is 11.2. The summed E-state index contributed by atoms with van der Waals surface area (Å²) in [6.07, 6.45) is 3.43. The lowest BCUT2D eigenvalue weighted by atomic mass is 9.97. The second-order valence-electron chi connectivity index (χ2n) is 8.10. The predicted molar refractivity (Wildman–Crippen MR) is 129 cm³/mol. The van der Waals surface area contributed by atoms with E-state index in [1.807, 2.05) is 19.1 Å². The fraction of sp³-hybridized carbons (Fsp3) is 0.320. The zero-order valence-corrected chi connectivity index (χ0v) is 19.0. The Balaban J connectivity index is 1.55. The number of benzene rings is 2. The van der Waals surface area contributed by atoms with Crippen molar-refractivity contribution in [3.63, 3.8) is 0 Å². The van der Waals surface area contributed by atoms with Gasteiger partial charge in [-0.15, -0.1) is 0 Å². The van der Waals surface area contributed by atoms with E-state index in [9.17, 15) is 19.5 Å². The number of aliphatic imine (C=N–C) groups is 2. The first kappa shape index (κ1) is 24.6. The highest BCUT2D eigenvalue weighted by Gasteiger charge is 2.42. The quantitative estimate of drug-likeness (QED) is 0.225. The van der Waals surface area contributed by atoms with E-state index < -0.39 is 17.4 Å². The number of nitrogens with zero attached hydrogens (tertiary/aromatic N) is 2. The number of rotatable bonds is 9. The van der Waals surface area contributed by atoms with Crippen molar-refractivity contribution in [2.75, 3.05) is 13.2 Å². The summed E-state index contributed by atoms with van der Waals surface area (Å²) in [5.41, 5.74) is 6.02. The molecular formula is C25H28N4O5. The number of amidine groups is 1. The third-order valence-corrected chi connectivity index (χ3v) is 5.67. The summed E-state index contributed by atoms with van der Waals surface area (Å²) in [5.74, 6) is -1.27. The van der Waals surface area contributed by atoms with Crippen molar-refractivity contribution >= 4 is 29.8 Å². The number of nitrogens with two attached hydrogens (primary N) is 1. The highest BCUT2D eigenvalue weighted by atomic mass is 16.5. The molecule has 0 heterocycles. The maximum atomic E-state index is 12.6. The molecule has 9 nitrogen and oxygen atoms in total. The molecule has 0 aromatic heterocycles. The fourth-order valence-electron chi connectivity index (χ4n) is 3.75. The molecule has 0 aliphatic heterocycles. The maximum Gasteiger partial charge on any atom is 0.329 e. The van der Waals surface area contributed by atoms with E-state index in [1.165, 1.54) is 0 Å². The number of aryl methyl sites for hydroxylation is 1. The number of hydrogen-bond donors (Lipinski definition) is 3. The van der Waals surface area contributed by atoms with Crippen LogP contribution in [0.2, 0.25) is 0 Å². The van der Waals surface area contributed by atoms with E-state index in [0.717, 1.165) is 24.7 Å². The van der Waals surface area contributed by atoms with Gasteiger partial charge in [-0.3, -0.25) is 14.6 Å². The summed E-state index contributed by atoms with van der Waals surface area (Å²) < 4.78 is 5.63. The number of hydrogen-bond acceptors (Lipinski definition) is 5. The van der Waals surface area contributed by atoms with Crippen LogP contribution in [0.3, 0.4) is 0 Å². The lowest BCUT2D eigenvalue weighted by Crippen LogP contribution is -2.52. The Hall–Kier alpha value is -4.01. The lowest BCUT2D eigenvalue weighted by molar-refractivity contribution is -0.144. The van der Waals surface area contributed by atoms with Crippen molar-refractivity contribution < 1.29 is 24.2 Å². The molecule has 1 aliphatic carbocycles. The molecule has 0 spiro atoms. The van der Waals surface area contributed by atoms with Gasteiger partial charge < -0.3 is 20.9 Å². The van der Waals surface area contributed by atoms with Crippen LogP contribution >= 0.6 is 0 Å². The molecule has 3 rings (SSSR count). The van der Waals surface area contributed by atoms with Gasteiger partial charge in [-0.1, -0.05) is 42.7 Å². The Morgan fingerprint density at radius 2 is 1.68 bits per heavy atom. The van der Waals surface area contributed by atoms with Crippen molar-refractivity contribution in [1.82, 2.24) is 5.32 Å². The third kappa shape index (κ3) is 6.06. The van der Waals surface area contributed by atoms with Gasteiger partial charge in [0.2, 0.25) is 5.78 Å². The normalized spacial score (nSPS) is 15.3. The minimum atomic E-state index is -1.19. The van der Waals surface area contributed by atoms with E-state index in [-0.39, 0.29) is 24.8 Å². The topological polar surface area (TPSA) is 143 Å². The molecule has 9 heteroatoms. The van der Waals surface area contributed by atoms with Crippen LogP contribution in [0.4, 0.5) is 0 Å². The molecule has 2 aromatic rings. The van der Waals surface area contributed by atoms with Crippen LogP contribution in [0.1, 0.15) is 52.0 Å². The van der Waals surface area contributed by atoms with E-state index in [0.29, 0.717) is 29.7 Å². The first-order valence-electron chi connectivity index (χ1n) is 11.0. The van der Waals surface area contributed by atoms with Gasteiger partial charge in [0.1, 0.15) is 17.9 Å². The molecule has 2 aromatic carbocycles. The number of ether oxygens (including phenoxy) is 1. The highest BCUT2D eigenvalue weighted by molar-refractivity contribution is 6.46. The molecule has 1 fully saturated rings. The summed E-state index contributed by atoms with van der Waals surface area (Å²) in [6, 6.07) is 13.5. The van der Waals surface area contributed by atoms with Gasteiger partial charge >= 0.3 is 5.97 Å². The van der Waals surface area contributed by atoms with Crippen LogP contribution in [0.5, 0.6) is 5.75 Å². The van der Waals surface area contributed by atoms with Crippen molar-refractivity contribution in [2.24, 2.45) is 15.7 Å². The molecule has 1 aliphatic rings. The van der Waals surface area contributed by atoms with Crippen LogP contribution in [-0.2, 0) is 4.79 Å². The minimum absolute atomic E-state index is 0.0127. The van der Waals surface area contributed by atoms with Crippen molar-refractivity contribution in [3.8, 4) is 5.75 Å². The van der Waals surface area contributed by atoms with Crippen molar-refractivity contribution in [2.45, 2.75) is 38.1 Å². The summed E-state index contributed by atoms with van der Waals surface area (Å²) in [4.78, 5) is 44.8. The van der Waals surface area contributed by atoms with Gasteiger partial charge in [0.25, 0.3) is 5.91 Å². The monoisotopic (exact) mass is 464 g/mol. The van der Waals surface area contributed by atoms with E-state index in [2.05, 4.69) is 15.3 Å². The summed E-state index contributed by atoms with van der Waals surface area (Å²) in [6.45, 7) is 2.28. The number of aliphatic carboxylic acids is 1. The SMILES string of the molecule is Cc1ccc(C(=O)C(N=CN)=NCCOc2ccc(C(=O)NC3(C(=O)O)CCCC3)cc2)cc1. The van der Waals surface area contributed by atoms with E-state index >= 15 is 0 Å². The van der Waals surface area contributed by atoms with Crippen LogP contribution in [-0.4, -0.2) is 53.6 Å². The molecule has 1 saturated carbocycles. The summed E-state index contributed by atoms with van der Waals surface area (Å²) in [5, 5.41) is 12.2. The number of amides is 1. The number of Topliss-reactive ketones (excluding diaryl/α,β-unsaturated/α-hetero) is 1. The maximum absolute atomic E-state index is 12.6. The van der Waals surface area contributed by atoms with Crippen LogP contribution < -0.4 is 15.8 Å². The average Bonchev–Trinajstić information content (AvgIpc) is 3.31. The van der Waals surface area contributed by atoms with Crippen LogP contribution in [0.25, 0.3) is 0 Å². The first-order chi connectivity index (χ1) is 16.3. The second-order valence-corrected chi connectivity index (χ2v) is 8.10. The number of carboxylic acids is 1. The van der Waals surface area contributed by atoms with Gasteiger partial charge in [0.15, 0.2) is 5.84 Å².